The number of nitrogens with zero attached hydrogens (tertiary/aromatic N) is 4. The van der Waals surface area contributed by atoms with Crippen molar-refractivity contribution in [3.63, 3.8) is 0 Å². The molecule has 3 heterocycles. The number of hydrogen-bond acceptors (Lipinski definition) is 4. The van der Waals surface area contributed by atoms with Gasteiger partial charge >= 0.3 is 0 Å². The molecule has 124 valence electrons. The third kappa shape index (κ3) is 2.25. The van der Waals surface area contributed by atoms with Crippen LogP contribution in [0.3, 0.4) is 0 Å². The summed E-state index contributed by atoms with van der Waals surface area (Å²) in [4.78, 5) is 3.24. The van der Waals surface area contributed by atoms with Crippen LogP contribution in [0.2, 0.25) is 0 Å². The van der Waals surface area contributed by atoms with E-state index in [1.54, 1.807) is 10.9 Å². The normalized spacial score (nSPS) is 13.9. The summed E-state index contributed by atoms with van der Waals surface area (Å²) in [5, 5.41) is 20.4. The predicted octanol–water partition coefficient (Wildman–Crippen LogP) is 3.18. The molecule has 3 aromatic heterocycles. The van der Waals surface area contributed by atoms with Gasteiger partial charge in [0.2, 0.25) is 10.6 Å². The fourth-order valence-corrected chi connectivity index (χ4v) is 3.56. The Morgan fingerprint density at radius 2 is 2.08 bits per heavy atom. The van der Waals surface area contributed by atoms with Crippen LogP contribution in [-0.2, 0) is 12.8 Å². The molecule has 7 nitrogen and oxygen atoms in total. The van der Waals surface area contributed by atoms with Crippen LogP contribution in [0.5, 0.6) is 0 Å². The Balaban J connectivity index is 1.59. The summed E-state index contributed by atoms with van der Waals surface area (Å²) in [5.74, 6) is 0.639. The standard InChI is InChI=1S/C17H15N7S/c25-17-23-22-16(15-12-5-3-7-14(12)20-21-15)24(17)19-9-10-8-18-13-6-2-1-4-11(10)13/h1-2,4,6,8-9,18H,3,5,7H2,(H,20,21)(H,23,25)/b19-9+. The Hall–Kier alpha value is -3.00. The molecule has 25 heavy (non-hydrogen) atoms. The minimum absolute atomic E-state index is 0.445. The van der Waals surface area contributed by atoms with Crippen LogP contribution in [-0.4, -0.2) is 36.3 Å². The van der Waals surface area contributed by atoms with Gasteiger partial charge < -0.3 is 4.98 Å². The molecule has 0 aliphatic heterocycles. The molecule has 1 aliphatic carbocycles. The number of aryl methyl sites for hydroxylation is 1. The molecule has 1 aliphatic rings. The Morgan fingerprint density at radius 1 is 1.16 bits per heavy atom. The Bertz CT molecular complexity index is 1160. The molecule has 0 atom stereocenters. The number of aromatic amines is 3. The van der Waals surface area contributed by atoms with Gasteiger partial charge in [-0.15, -0.1) is 0 Å². The van der Waals surface area contributed by atoms with Crippen molar-refractivity contribution in [3.05, 3.63) is 52.1 Å². The second-order valence-electron chi connectivity index (χ2n) is 6.08. The maximum atomic E-state index is 5.35. The number of benzene rings is 1. The quantitative estimate of drug-likeness (QED) is 0.392. The van der Waals surface area contributed by atoms with Crippen LogP contribution in [0.15, 0.2) is 35.6 Å². The fraction of sp³-hybridized carbons (Fsp3) is 0.176. The molecule has 1 aromatic carbocycles. The molecule has 0 saturated carbocycles. The predicted molar refractivity (Wildman–Crippen MR) is 98.3 cm³/mol. The fourth-order valence-electron chi connectivity index (χ4n) is 3.38. The highest BCUT2D eigenvalue weighted by Crippen LogP contribution is 2.29. The van der Waals surface area contributed by atoms with E-state index in [0.29, 0.717) is 10.6 Å². The molecular formula is C17H15N7S. The molecule has 0 unspecified atom stereocenters. The highest BCUT2D eigenvalue weighted by Gasteiger charge is 2.23. The molecule has 0 bridgehead atoms. The third-order valence-corrected chi connectivity index (χ3v) is 4.87. The first kappa shape index (κ1) is 14.4. The van der Waals surface area contributed by atoms with Crippen LogP contribution in [0.1, 0.15) is 23.2 Å². The van der Waals surface area contributed by atoms with E-state index in [-0.39, 0.29) is 0 Å². The van der Waals surface area contributed by atoms with Crippen molar-refractivity contribution in [3.8, 4) is 11.5 Å². The molecule has 0 saturated heterocycles. The van der Waals surface area contributed by atoms with Crippen LogP contribution in [0.4, 0.5) is 0 Å². The van der Waals surface area contributed by atoms with Gasteiger partial charge in [0, 0.05) is 33.9 Å². The van der Waals surface area contributed by atoms with E-state index in [1.807, 2.05) is 24.4 Å². The van der Waals surface area contributed by atoms with Crippen LogP contribution < -0.4 is 0 Å². The number of para-hydroxylation sites is 1. The van der Waals surface area contributed by atoms with Crippen molar-refractivity contribution in [2.45, 2.75) is 19.3 Å². The minimum atomic E-state index is 0.445. The summed E-state index contributed by atoms with van der Waals surface area (Å²) in [6.07, 6.45) is 6.91. The van der Waals surface area contributed by atoms with Crippen LogP contribution in [0.25, 0.3) is 22.4 Å². The highest BCUT2D eigenvalue weighted by atomic mass is 32.1. The zero-order valence-corrected chi connectivity index (χ0v) is 14.1. The monoisotopic (exact) mass is 349 g/mol. The van der Waals surface area contributed by atoms with E-state index in [0.717, 1.165) is 41.4 Å². The van der Waals surface area contributed by atoms with Gasteiger partial charge in [0.25, 0.3) is 0 Å². The maximum absolute atomic E-state index is 5.35. The van der Waals surface area contributed by atoms with Crippen molar-refractivity contribution in [2.24, 2.45) is 5.10 Å². The maximum Gasteiger partial charge on any atom is 0.216 e. The van der Waals surface area contributed by atoms with Crippen molar-refractivity contribution >= 4 is 29.3 Å². The molecule has 0 radical (unpaired) electrons. The van der Waals surface area contributed by atoms with Gasteiger partial charge in [0.05, 0.1) is 6.21 Å². The molecule has 5 rings (SSSR count). The zero-order chi connectivity index (χ0) is 16.8. The lowest BCUT2D eigenvalue weighted by atomic mass is 10.2. The molecule has 3 N–H and O–H groups in total. The third-order valence-electron chi connectivity index (χ3n) is 4.60. The van der Waals surface area contributed by atoms with Crippen molar-refractivity contribution in [1.29, 1.82) is 0 Å². The Labute approximate surface area is 147 Å². The summed E-state index contributed by atoms with van der Waals surface area (Å²) < 4.78 is 2.08. The lowest BCUT2D eigenvalue weighted by molar-refractivity contribution is 0.844. The average Bonchev–Trinajstić information content (AvgIpc) is 3.37. The zero-order valence-electron chi connectivity index (χ0n) is 13.3. The van der Waals surface area contributed by atoms with Crippen molar-refractivity contribution in [1.82, 2.24) is 30.1 Å². The summed E-state index contributed by atoms with van der Waals surface area (Å²) in [5.41, 5.74) is 5.31. The van der Waals surface area contributed by atoms with Gasteiger partial charge in [-0.3, -0.25) is 5.10 Å². The number of hydrogen-bond donors (Lipinski definition) is 3. The second-order valence-corrected chi connectivity index (χ2v) is 6.47. The summed E-state index contributed by atoms with van der Waals surface area (Å²) in [7, 11) is 0. The summed E-state index contributed by atoms with van der Waals surface area (Å²) >= 11 is 5.35. The first-order valence-electron chi connectivity index (χ1n) is 8.15. The van der Waals surface area contributed by atoms with E-state index >= 15 is 0 Å². The number of nitrogens with one attached hydrogen (secondary N) is 3. The topological polar surface area (TPSA) is 90.4 Å². The first-order valence-corrected chi connectivity index (χ1v) is 8.56. The van der Waals surface area contributed by atoms with Crippen LogP contribution >= 0.6 is 12.2 Å². The molecule has 0 amide bonds. The number of fused-ring (bicyclic) bond motifs is 2. The van der Waals surface area contributed by atoms with Crippen molar-refractivity contribution < 1.29 is 0 Å². The molecular weight excluding hydrogens is 334 g/mol. The van der Waals surface area contributed by atoms with Gasteiger partial charge in [0.1, 0.15) is 5.69 Å². The number of H-pyrrole nitrogens is 3. The van der Waals surface area contributed by atoms with E-state index in [9.17, 15) is 0 Å². The average molecular weight is 349 g/mol. The molecule has 0 fully saturated rings. The largest absolute Gasteiger partial charge is 0.361 e. The smallest absolute Gasteiger partial charge is 0.216 e. The molecule has 8 heteroatoms. The van der Waals surface area contributed by atoms with Gasteiger partial charge in [-0.2, -0.15) is 20.0 Å². The van der Waals surface area contributed by atoms with Gasteiger partial charge in [-0.1, -0.05) is 18.2 Å². The minimum Gasteiger partial charge on any atom is -0.361 e. The summed E-state index contributed by atoms with van der Waals surface area (Å²) in [6, 6.07) is 8.11. The van der Waals surface area contributed by atoms with Crippen molar-refractivity contribution in [2.75, 3.05) is 0 Å². The molecule has 0 spiro atoms. The van der Waals surface area contributed by atoms with E-state index < -0.39 is 0 Å². The summed E-state index contributed by atoms with van der Waals surface area (Å²) in [6.45, 7) is 0. The van der Waals surface area contributed by atoms with Crippen LogP contribution in [0, 0.1) is 4.77 Å². The lowest BCUT2D eigenvalue weighted by Gasteiger charge is -1.99. The van der Waals surface area contributed by atoms with E-state index in [2.05, 4.69) is 36.5 Å². The highest BCUT2D eigenvalue weighted by molar-refractivity contribution is 7.71. The van der Waals surface area contributed by atoms with Gasteiger partial charge in [-0.25, -0.2) is 5.10 Å². The molecule has 4 aromatic rings. The lowest BCUT2D eigenvalue weighted by Crippen LogP contribution is -1.97. The van der Waals surface area contributed by atoms with Gasteiger partial charge in [0.15, 0.2) is 0 Å². The second kappa shape index (κ2) is 5.52. The first-order chi connectivity index (χ1) is 12.3. The number of aromatic nitrogens is 6. The Kier molecular flexibility index (Phi) is 3.17. The van der Waals surface area contributed by atoms with E-state index in [4.69, 9.17) is 12.2 Å². The van der Waals surface area contributed by atoms with Gasteiger partial charge in [-0.05, 0) is 37.5 Å². The SMILES string of the molecule is S=c1[nH]nc(-c2n[nH]c3c2CCC3)n1/N=C/c1c[nH]c2ccccc12. The van der Waals surface area contributed by atoms with E-state index in [1.165, 1.54) is 11.3 Å². The number of rotatable bonds is 3. The Morgan fingerprint density at radius 3 is 3.04 bits per heavy atom.